The van der Waals surface area contributed by atoms with E-state index in [1.165, 1.54) is 18.5 Å². The fourth-order valence-electron chi connectivity index (χ4n) is 4.81. The summed E-state index contributed by atoms with van der Waals surface area (Å²) in [5, 5.41) is 0. The van der Waals surface area contributed by atoms with Crippen molar-refractivity contribution in [3.63, 3.8) is 0 Å². The molecule has 6 rings (SSSR count). The highest BCUT2D eigenvalue weighted by atomic mass is 19.1. The predicted molar refractivity (Wildman–Crippen MR) is 131 cm³/mol. The minimum Gasteiger partial charge on any atom is -0.457 e. The summed E-state index contributed by atoms with van der Waals surface area (Å²) in [7, 11) is 0. The van der Waals surface area contributed by atoms with Crippen LogP contribution in [0.5, 0.6) is 11.5 Å². The van der Waals surface area contributed by atoms with E-state index in [9.17, 15) is 9.18 Å². The highest BCUT2D eigenvalue weighted by molar-refractivity contribution is 5.90. The molecule has 1 amide bonds. The van der Waals surface area contributed by atoms with Crippen molar-refractivity contribution in [1.82, 2.24) is 14.9 Å². The van der Waals surface area contributed by atoms with Gasteiger partial charge in [0.25, 0.3) is 0 Å². The number of fused-ring (bicyclic) bond motifs is 2. The van der Waals surface area contributed by atoms with E-state index in [1.54, 1.807) is 12.1 Å². The number of halogens is 1. The number of benzene rings is 3. The summed E-state index contributed by atoms with van der Waals surface area (Å²) in [4.78, 5) is 26.7. The van der Waals surface area contributed by atoms with Gasteiger partial charge in [0.15, 0.2) is 0 Å². The molecule has 0 atom stereocenters. The lowest BCUT2D eigenvalue weighted by atomic mass is 9.86. The summed E-state index contributed by atoms with van der Waals surface area (Å²) in [5.74, 6) is 1.69. The summed E-state index contributed by atoms with van der Waals surface area (Å²) in [5.41, 5.74) is 3.38. The number of rotatable bonds is 3. The SMILES string of the molecule is O=C(C1c2ccccc2Oc2ccccc21)N1CCN(c2cc(-c3ccc(F)cc3)ncn2)CC1. The van der Waals surface area contributed by atoms with E-state index in [1.807, 2.05) is 59.5 Å². The second-order valence-corrected chi connectivity index (χ2v) is 8.69. The summed E-state index contributed by atoms with van der Waals surface area (Å²) < 4.78 is 19.4. The molecule has 1 saturated heterocycles. The minimum absolute atomic E-state index is 0.0857. The highest BCUT2D eigenvalue weighted by Crippen LogP contribution is 2.44. The van der Waals surface area contributed by atoms with Crippen molar-refractivity contribution in [1.29, 1.82) is 0 Å². The number of para-hydroxylation sites is 2. The van der Waals surface area contributed by atoms with Crippen molar-refractivity contribution < 1.29 is 13.9 Å². The summed E-state index contributed by atoms with van der Waals surface area (Å²) in [6, 6.07) is 23.7. The van der Waals surface area contributed by atoms with Crippen molar-refractivity contribution in [3.05, 3.63) is 102 Å². The quantitative estimate of drug-likeness (QED) is 0.431. The van der Waals surface area contributed by atoms with Crippen LogP contribution in [0, 0.1) is 5.82 Å². The Morgan fingerprint density at radius 1 is 0.829 bits per heavy atom. The van der Waals surface area contributed by atoms with Gasteiger partial charge in [-0.3, -0.25) is 4.79 Å². The van der Waals surface area contributed by atoms with Gasteiger partial charge in [0.1, 0.15) is 29.5 Å². The van der Waals surface area contributed by atoms with Gasteiger partial charge in [0, 0.05) is 48.9 Å². The van der Waals surface area contributed by atoms with E-state index >= 15 is 0 Å². The van der Waals surface area contributed by atoms with Crippen LogP contribution in [0.4, 0.5) is 10.2 Å². The molecule has 6 nitrogen and oxygen atoms in total. The third-order valence-corrected chi connectivity index (χ3v) is 6.63. The number of hydrogen-bond acceptors (Lipinski definition) is 5. The number of amides is 1. The van der Waals surface area contributed by atoms with Crippen molar-refractivity contribution >= 4 is 11.7 Å². The van der Waals surface area contributed by atoms with Gasteiger partial charge in [-0.25, -0.2) is 14.4 Å². The molecule has 2 aliphatic rings. The molecule has 0 unspecified atom stereocenters. The molecule has 2 aliphatic heterocycles. The molecule has 0 bridgehead atoms. The third kappa shape index (κ3) is 3.99. The zero-order valence-corrected chi connectivity index (χ0v) is 19.0. The van der Waals surface area contributed by atoms with E-state index in [0.717, 1.165) is 39.7 Å². The van der Waals surface area contributed by atoms with Crippen molar-refractivity contribution in [3.8, 4) is 22.8 Å². The standard InChI is InChI=1S/C28H23FN4O2/c29-20-11-9-19(10-12-20)23-17-26(31-18-30-23)32-13-15-33(16-14-32)28(34)27-21-5-1-3-7-24(21)35-25-8-4-2-6-22(25)27/h1-12,17-18,27H,13-16H2. The van der Waals surface area contributed by atoms with Gasteiger partial charge in [0.2, 0.25) is 5.91 Å². The molecule has 174 valence electrons. The maximum atomic E-state index is 13.8. The van der Waals surface area contributed by atoms with Gasteiger partial charge in [-0.05, 0) is 36.4 Å². The van der Waals surface area contributed by atoms with Gasteiger partial charge in [0.05, 0.1) is 11.6 Å². The molecule has 3 aromatic carbocycles. The Balaban J connectivity index is 1.20. The molecule has 1 aromatic heterocycles. The first-order valence-corrected chi connectivity index (χ1v) is 11.6. The number of carbonyl (C=O) groups is 1. The van der Waals surface area contributed by atoms with Crippen molar-refractivity contribution in [2.45, 2.75) is 5.92 Å². The van der Waals surface area contributed by atoms with Crippen LogP contribution in [-0.2, 0) is 4.79 Å². The van der Waals surface area contributed by atoms with E-state index in [4.69, 9.17) is 4.74 Å². The molecule has 0 radical (unpaired) electrons. The van der Waals surface area contributed by atoms with E-state index in [-0.39, 0.29) is 17.6 Å². The smallest absolute Gasteiger partial charge is 0.234 e. The maximum Gasteiger partial charge on any atom is 0.234 e. The van der Waals surface area contributed by atoms with Crippen LogP contribution in [0.2, 0.25) is 0 Å². The molecule has 0 N–H and O–H groups in total. The summed E-state index contributed by atoms with van der Waals surface area (Å²) >= 11 is 0. The van der Waals surface area contributed by atoms with Crippen molar-refractivity contribution in [2.24, 2.45) is 0 Å². The Labute approximate surface area is 202 Å². The molecule has 3 heterocycles. The Morgan fingerprint density at radius 3 is 2.11 bits per heavy atom. The Morgan fingerprint density at radius 2 is 1.46 bits per heavy atom. The lowest BCUT2D eigenvalue weighted by Gasteiger charge is -2.38. The zero-order chi connectivity index (χ0) is 23.8. The van der Waals surface area contributed by atoms with Gasteiger partial charge in [-0.15, -0.1) is 0 Å². The number of carbonyl (C=O) groups excluding carboxylic acids is 1. The number of hydrogen-bond donors (Lipinski definition) is 0. The molecule has 7 heteroatoms. The Bertz CT molecular complexity index is 1340. The largest absolute Gasteiger partial charge is 0.457 e. The maximum absolute atomic E-state index is 13.8. The predicted octanol–water partition coefficient (Wildman–Crippen LogP) is 4.87. The molecular weight excluding hydrogens is 443 g/mol. The number of piperazine rings is 1. The number of aromatic nitrogens is 2. The average Bonchev–Trinajstić information content (AvgIpc) is 2.92. The molecule has 4 aromatic rings. The van der Waals surface area contributed by atoms with E-state index in [0.29, 0.717) is 26.2 Å². The van der Waals surface area contributed by atoms with Gasteiger partial charge >= 0.3 is 0 Å². The topological polar surface area (TPSA) is 58.6 Å². The highest BCUT2D eigenvalue weighted by Gasteiger charge is 2.36. The number of anilines is 1. The van der Waals surface area contributed by atoms with Crippen LogP contribution in [0.1, 0.15) is 17.0 Å². The second-order valence-electron chi connectivity index (χ2n) is 8.69. The summed E-state index contributed by atoms with van der Waals surface area (Å²) in [6.07, 6.45) is 1.53. The monoisotopic (exact) mass is 466 g/mol. The Hall–Kier alpha value is -4.26. The molecule has 1 fully saturated rings. The van der Waals surface area contributed by atoms with Gasteiger partial charge < -0.3 is 14.5 Å². The fraction of sp³-hybridized carbons (Fsp3) is 0.179. The van der Waals surface area contributed by atoms with Crippen molar-refractivity contribution in [2.75, 3.05) is 31.1 Å². The first-order chi connectivity index (χ1) is 17.2. The lowest BCUT2D eigenvalue weighted by molar-refractivity contribution is -0.132. The first-order valence-electron chi connectivity index (χ1n) is 11.6. The van der Waals surface area contributed by atoms with Gasteiger partial charge in [-0.1, -0.05) is 36.4 Å². The van der Waals surface area contributed by atoms with Crippen LogP contribution >= 0.6 is 0 Å². The average molecular weight is 467 g/mol. The first kappa shape index (κ1) is 21.3. The van der Waals surface area contributed by atoms with E-state index in [2.05, 4.69) is 14.9 Å². The van der Waals surface area contributed by atoms with Crippen LogP contribution < -0.4 is 9.64 Å². The third-order valence-electron chi connectivity index (χ3n) is 6.63. The molecule has 0 spiro atoms. The second kappa shape index (κ2) is 8.83. The van der Waals surface area contributed by atoms with Crippen LogP contribution in [0.25, 0.3) is 11.3 Å². The molecule has 0 aliphatic carbocycles. The minimum atomic E-state index is -0.383. The fourth-order valence-corrected chi connectivity index (χ4v) is 4.81. The van der Waals surface area contributed by atoms with Gasteiger partial charge in [-0.2, -0.15) is 0 Å². The summed E-state index contributed by atoms with van der Waals surface area (Å²) in [6.45, 7) is 2.52. The van der Waals surface area contributed by atoms with E-state index < -0.39 is 0 Å². The molecule has 35 heavy (non-hydrogen) atoms. The number of ether oxygens (including phenoxy) is 1. The number of nitrogens with zero attached hydrogens (tertiary/aromatic N) is 4. The zero-order valence-electron chi connectivity index (χ0n) is 19.0. The molecule has 0 saturated carbocycles. The lowest BCUT2D eigenvalue weighted by Crippen LogP contribution is -2.50. The van der Waals surface area contributed by atoms with Crippen LogP contribution in [-0.4, -0.2) is 47.0 Å². The Kier molecular flexibility index (Phi) is 5.37. The normalized spacial score (nSPS) is 15.2. The van der Waals surface area contributed by atoms with Crippen LogP contribution in [0.3, 0.4) is 0 Å². The van der Waals surface area contributed by atoms with Crippen LogP contribution in [0.15, 0.2) is 85.2 Å². The molecular formula is C28H23FN4O2.